The number of hydrogen-bond donors (Lipinski definition) is 1. The summed E-state index contributed by atoms with van der Waals surface area (Å²) in [4.78, 5) is 12.5. The molecular formula is C13H21NO2. The van der Waals surface area contributed by atoms with Crippen molar-refractivity contribution in [2.75, 3.05) is 19.7 Å². The summed E-state index contributed by atoms with van der Waals surface area (Å²) in [6.07, 6.45) is 6.97. The minimum absolute atomic E-state index is 0.191. The first-order valence-corrected chi connectivity index (χ1v) is 6.37. The van der Waals surface area contributed by atoms with Crippen molar-refractivity contribution in [2.45, 2.75) is 39.0 Å². The second kappa shape index (κ2) is 5.00. The normalized spacial score (nSPS) is 29.7. The van der Waals surface area contributed by atoms with Gasteiger partial charge in [-0.2, -0.15) is 0 Å². The van der Waals surface area contributed by atoms with Crippen LogP contribution in [0.25, 0.3) is 0 Å². The first kappa shape index (κ1) is 11.6. The number of carbonyl (C=O) groups excluding carboxylic acids is 1. The van der Waals surface area contributed by atoms with Crippen molar-refractivity contribution in [2.24, 2.45) is 5.41 Å². The van der Waals surface area contributed by atoms with E-state index in [1.807, 2.05) is 6.08 Å². The molecule has 0 radical (unpaired) electrons. The Morgan fingerprint density at radius 1 is 1.62 bits per heavy atom. The Balaban J connectivity index is 2.13. The summed E-state index contributed by atoms with van der Waals surface area (Å²) in [7, 11) is 0. The molecule has 1 atom stereocenters. The zero-order chi connectivity index (χ0) is 11.4. The smallest absolute Gasteiger partial charge is 0.204 e. The van der Waals surface area contributed by atoms with Crippen molar-refractivity contribution in [1.82, 2.24) is 5.32 Å². The van der Waals surface area contributed by atoms with Crippen LogP contribution < -0.4 is 5.32 Å². The Labute approximate surface area is 97.2 Å². The second-order valence-electron chi connectivity index (χ2n) is 4.85. The Hall–Kier alpha value is -0.830. The largest absolute Gasteiger partial charge is 0.490 e. The van der Waals surface area contributed by atoms with Gasteiger partial charge in [-0.3, -0.25) is 4.79 Å². The quantitative estimate of drug-likeness (QED) is 0.792. The van der Waals surface area contributed by atoms with Gasteiger partial charge in [0.15, 0.2) is 5.76 Å². The summed E-state index contributed by atoms with van der Waals surface area (Å²) in [5.41, 5.74) is -0.191. The Morgan fingerprint density at radius 3 is 3.06 bits per heavy atom. The number of Topliss-reactive ketones (excluding diaryl/α,β-unsaturated/α-hetero) is 1. The van der Waals surface area contributed by atoms with Gasteiger partial charge >= 0.3 is 0 Å². The van der Waals surface area contributed by atoms with E-state index >= 15 is 0 Å². The van der Waals surface area contributed by atoms with Gasteiger partial charge in [0.25, 0.3) is 0 Å². The van der Waals surface area contributed by atoms with Crippen LogP contribution in [0.4, 0.5) is 0 Å². The minimum Gasteiger partial charge on any atom is -0.490 e. The molecule has 0 saturated carbocycles. The topological polar surface area (TPSA) is 38.3 Å². The molecule has 2 aliphatic rings. The van der Waals surface area contributed by atoms with Crippen LogP contribution in [-0.2, 0) is 9.53 Å². The zero-order valence-corrected chi connectivity index (χ0v) is 10.1. The van der Waals surface area contributed by atoms with E-state index in [-0.39, 0.29) is 11.2 Å². The molecule has 0 aromatic carbocycles. The van der Waals surface area contributed by atoms with E-state index in [1.54, 1.807) is 0 Å². The molecule has 0 aliphatic carbocycles. The molecule has 2 rings (SSSR count). The van der Waals surface area contributed by atoms with Gasteiger partial charge in [0.2, 0.25) is 5.78 Å². The van der Waals surface area contributed by atoms with Crippen molar-refractivity contribution >= 4 is 5.78 Å². The molecule has 3 nitrogen and oxygen atoms in total. The molecule has 1 saturated heterocycles. The summed E-state index contributed by atoms with van der Waals surface area (Å²) in [5.74, 6) is 0.858. The van der Waals surface area contributed by atoms with Crippen LogP contribution >= 0.6 is 0 Å². The van der Waals surface area contributed by atoms with Gasteiger partial charge < -0.3 is 10.1 Å². The zero-order valence-electron chi connectivity index (χ0n) is 10.1. The van der Waals surface area contributed by atoms with Crippen molar-refractivity contribution < 1.29 is 9.53 Å². The first-order valence-electron chi connectivity index (χ1n) is 6.37. The number of rotatable bonds is 4. The predicted molar refractivity (Wildman–Crippen MR) is 63.1 cm³/mol. The lowest BCUT2D eigenvalue weighted by molar-refractivity contribution is -0.129. The van der Waals surface area contributed by atoms with Gasteiger partial charge in [0.1, 0.15) is 0 Å². The monoisotopic (exact) mass is 223 g/mol. The lowest BCUT2D eigenvalue weighted by Crippen LogP contribution is -2.46. The predicted octanol–water partition coefficient (Wildman–Crippen LogP) is 2.03. The number of ketones is 1. The van der Waals surface area contributed by atoms with E-state index in [0.29, 0.717) is 12.4 Å². The molecule has 1 unspecified atom stereocenters. The van der Waals surface area contributed by atoms with Gasteiger partial charge in [0.05, 0.1) is 6.61 Å². The average Bonchev–Trinajstić information content (AvgIpc) is 2.83. The minimum atomic E-state index is -0.191. The summed E-state index contributed by atoms with van der Waals surface area (Å²) < 4.78 is 5.42. The van der Waals surface area contributed by atoms with E-state index in [9.17, 15) is 4.79 Å². The van der Waals surface area contributed by atoms with Gasteiger partial charge in [-0.25, -0.2) is 0 Å². The lowest BCUT2D eigenvalue weighted by atomic mass is 9.73. The van der Waals surface area contributed by atoms with Crippen LogP contribution in [0, 0.1) is 5.41 Å². The average molecular weight is 223 g/mol. The molecule has 1 fully saturated rings. The van der Waals surface area contributed by atoms with Gasteiger partial charge in [-0.1, -0.05) is 13.3 Å². The number of carbonyl (C=O) groups is 1. The van der Waals surface area contributed by atoms with Crippen molar-refractivity contribution in [3.05, 3.63) is 11.8 Å². The van der Waals surface area contributed by atoms with Crippen molar-refractivity contribution in [3.63, 3.8) is 0 Å². The third kappa shape index (κ3) is 2.14. The molecule has 0 amide bonds. The van der Waals surface area contributed by atoms with Crippen LogP contribution in [0.3, 0.4) is 0 Å². The van der Waals surface area contributed by atoms with Crippen LogP contribution in [0.2, 0.25) is 0 Å². The molecule has 3 heteroatoms. The highest BCUT2D eigenvalue weighted by molar-refractivity contribution is 5.98. The van der Waals surface area contributed by atoms with E-state index in [1.165, 1.54) is 0 Å². The Kier molecular flexibility index (Phi) is 3.64. The fourth-order valence-electron chi connectivity index (χ4n) is 2.80. The molecule has 0 spiro atoms. The Bertz CT molecular complexity index is 285. The molecule has 0 aromatic heterocycles. The molecule has 2 aliphatic heterocycles. The number of ether oxygens (including phenoxy) is 1. The van der Waals surface area contributed by atoms with Gasteiger partial charge in [-0.05, 0) is 31.9 Å². The highest BCUT2D eigenvalue weighted by Crippen LogP contribution is 2.36. The summed E-state index contributed by atoms with van der Waals surface area (Å²) >= 11 is 0. The third-order valence-electron chi connectivity index (χ3n) is 3.61. The summed E-state index contributed by atoms with van der Waals surface area (Å²) in [6.45, 7) is 4.68. The third-order valence-corrected chi connectivity index (χ3v) is 3.61. The standard InChI is InChI=1S/C13H21NO2/c1-2-6-13(7-4-8-14-10-13)12(15)11-5-3-9-16-11/h5,14H,2-4,6-10H2,1H3. The van der Waals surface area contributed by atoms with Crippen LogP contribution in [0.5, 0.6) is 0 Å². The highest BCUT2D eigenvalue weighted by Gasteiger charge is 2.41. The van der Waals surface area contributed by atoms with Crippen molar-refractivity contribution in [1.29, 1.82) is 0 Å². The van der Waals surface area contributed by atoms with Crippen LogP contribution in [0.1, 0.15) is 39.0 Å². The molecule has 16 heavy (non-hydrogen) atoms. The highest BCUT2D eigenvalue weighted by atomic mass is 16.5. The molecule has 2 heterocycles. The lowest BCUT2D eigenvalue weighted by Gasteiger charge is -2.36. The summed E-state index contributed by atoms with van der Waals surface area (Å²) in [5, 5.41) is 3.36. The van der Waals surface area contributed by atoms with E-state index in [2.05, 4.69) is 12.2 Å². The SMILES string of the molecule is CCCC1(C(=O)C2=CCCO2)CCCNC1. The molecule has 0 bridgehead atoms. The summed E-state index contributed by atoms with van der Waals surface area (Å²) in [6, 6.07) is 0. The van der Waals surface area contributed by atoms with Crippen molar-refractivity contribution in [3.8, 4) is 0 Å². The maximum Gasteiger partial charge on any atom is 0.204 e. The van der Waals surface area contributed by atoms with Crippen LogP contribution in [0.15, 0.2) is 11.8 Å². The number of hydrogen-bond acceptors (Lipinski definition) is 3. The maximum atomic E-state index is 12.5. The van der Waals surface area contributed by atoms with Gasteiger partial charge in [0, 0.05) is 18.4 Å². The molecule has 90 valence electrons. The van der Waals surface area contributed by atoms with E-state index in [0.717, 1.165) is 45.2 Å². The fourth-order valence-corrected chi connectivity index (χ4v) is 2.80. The Morgan fingerprint density at radius 2 is 2.50 bits per heavy atom. The number of piperidine rings is 1. The second-order valence-corrected chi connectivity index (χ2v) is 4.85. The number of allylic oxidation sites excluding steroid dienone is 1. The van der Waals surface area contributed by atoms with Gasteiger partial charge in [-0.15, -0.1) is 0 Å². The molecule has 0 aromatic rings. The molecule has 1 N–H and O–H groups in total. The first-order chi connectivity index (χ1) is 7.78. The fraction of sp³-hybridized carbons (Fsp3) is 0.769. The van der Waals surface area contributed by atoms with Crippen LogP contribution in [-0.4, -0.2) is 25.5 Å². The molecular weight excluding hydrogens is 202 g/mol. The van der Waals surface area contributed by atoms with E-state index < -0.39 is 0 Å². The number of nitrogens with one attached hydrogen (secondary N) is 1. The van der Waals surface area contributed by atoms with E-state index in [4.69, 9.17) is 4.74 Å². The maximum absolute atomic E-state index is 12.5.